The Labute approximate surface area is 119 Å². The van der Waals surface area contributed by atoms with Gasteiger partial charge in [0.2, 0.25) is 0 Å². The minimum atomic E-state index is 0.0685. The van der Waals surface area contributed by atoms with E-state index in [-0.39, 0.29) is 5.91 Å². The van der Waals surface area contributed by atoms with Crippen LogP contribution in [0.25, 0.3) is 0 Å². The van der Waals surface area contributed by atoms with Gasteiger partial charge in [0.1, 0.15) is 4.88 Å². The largest absolute Gasteiger partial charge is 0.494 e. The van der Waals surface area contributed by atoms with E-state index in [0.29, 0.717) is 16.7 Å². The van der Waals surface area contributed by atoms with Gasteiger partial charge in [-0.25, -0.2) is 0 Å². The highest BCUT2D eigenvalue weighted by Gasteiger charge is 2.27. The molecule has 0 radical (unpaired) electrons. The minimum Gasteiger partial charge on any atom is -0.494 e. The number of thiophene rings is 1. The number of hydrogen-bond donors (Lipinski definition) is 1. The highest BCUT2D eigenvalue weighted by Crippen LogP contribution is 2.39. The number of nitrogens with one attached hydrogen (secondary N) is 1. The number of amides is 1. The highest BCUT2D eigenvalue weighted by molar-refractivity contribution is 9.10. The van der Waals surface area contributed by atoms with Crippen LogP contribution in [0.5, 0.6) is 5.75 Å². The first-order valence-electron chi connectivity index (χ1n) is 5.90. The van der Waals surface area contributed by atoms with Crippen LogP contribution in [-0.2, 0) is 0 Å². The van der Waals surface area contributed by atoms with Crippen molar-refractivity contribution in [3.8, 4) is 5.75 Å². The summed E-state index contributed by atoms with van der Waals surface area (Å²) in [4.78, 5) is 16.1. The summed E-state index contributed by atoms with van der Waals surface area (Å²) in [6.45, 7) is 6.42. The Morgan fingerprint density at radius 1 is 1.61 bits per heavy atom. The Hall–Kier alpha value is -0.590. The summed E-state index contributed by atoms with van der Waals surface area (Å²) in [6, 6.07) is 0.346. The van der Waals surface area contributed by atoms with Crippen molar-refractivity contribution in [1.29, 1.82) is 0 Å². The molecule has 1 fully saturated rings. The van der Waals surface area contributed by atoms with Gasteiger partial charge in [-0.1, -0.05) is 0 Å². The average Bonchev–Trinajstić information content (AvgIpc) is 2.64. The number of ether oxygens (including phenoxy) is 1. The van der Waals surface area contributed by atoms with Crippen molar-refractivity contribution in [2.24, 2.45) is 0 Å². The standard InChI is InChI=1S/C12H17BrN2O2S/c1-7-6-15(5-4-14-7)12(16)11-10(17-3)9(13)8(2)18-11/h7,14H,4-6H2,1-3H3. The first kappa shape index (κ1) is 13.8. The molecule has 0 spiro atoms. The molecule has 0 aliphatic carbocycles. The number of halogens is 1. The van der Waals surface area contributed by atoms with Crippen molar-refractivity contribution in [3.05, 3.63) is 14.2 Å². The van der Waals surface area contributed by atoms with E-state index < -0.39 is 0 Å². The monoisotopic (exact) mass is 332 g/mol. The maximum absolute atomic E-state index is 12.5. The molecule has 1 amide bonds. The van der Waals surface area contributed by atoms with Crippen LogP contribution in [0.4, 0.5) is 0 Å². The molecule has 1 aromatic heterocycles. The van der Waals surface area contributed by atoms with Gasteiger partial charge in [0.15, 0.2) is 5.75 Å². The molecule has 2 heterocycles. The third kappa shape index (κ3) is 2.55. The maximum Gasteiger partial charge on any atom is 0.267 e. The van der Waals surface area contributed by atoms with Gasteiger partial charge in [-0.05, 0) is 29.8 Å². The van der Waals surface area contributed by atoms with Crippen LogP contribution in [0, 0.1) is 6.92 Å². The van der Waals surface area contributed by atoms with Gasteiger partial charge in [-0.15, -0.1) is 11.3 Å². The molecule has 2 rings (SSSR count). The molecule has 1 aliphatic rings. The van der Waals surface area contributed by atoms with Crippen molar-refractivity contribution >= 4 is 33.2 Å². The zero-order chi connectivity index (χ0) is 13.3. The zero-order valence-electron chi connectivity index (χ0n) is 10.7. The lowest BCUT2D eigenvalue weighted by Crippen LogP contribution is -2.51. The highest BCUT2D eigenvalue weighted by atomic mass is 79.9. The Balaban J connectivity index is 2.25. The van der Waals surface area contributed by atoms with Crippen LogP contribution in [0.3, 0.4) is 0 Å². The Morgan fingerprint density at radius 2 is 2.33 bits per heavy atom. The Morgan fingerprint density at radius 3 is 2.94 bits per heavy atom. The number of aryl methyl sites for hydroxylation is 1. The number of carbonyl (C=O) groups excluding carboxylic acids is 1. The molecular weight excluding hydrogens is 316 g/mol. The third-order valence-corrected chi connectivity index (χ3v) is 5.32. The summed E-state index contributed by atoms with van der Waals surface area (Å²) in [7, 11) is 1.60. The molecule has 1 N–H and O–H groups in total. The van der Waals surface area contributed by atoms with Gasteiger partial charge in [0, 0.05) is 30.6 Å². The number of piperazine rings is 1. The molecule has 6 heteroatoms. The molecule has 100 valence electrons. The number of rotatable bonds is 2. The van der Waals surface area contributed by atoms with E-state index in [1.54, 1.807) is 7.11 Å². The second-order valence-electron chi connectivity index (χ2n) is 4.44. The van der Waals surface area contributed by atoms with Crippen molar-refractivity contribution in [1.82, 2.24) is 10.2 Å². The quantitative estimate of drug-likeness (QED) is 0.903. The van der Waals surface area contributed by atoms with Gasteiger partial charge in [0.25, 0.3) is 5.91 Å². The zero-order valence-corrected chi connectivity index (χ0v) is 13.2. The van der Waals surface area contributed by atoms with E-state index in [1.165, 1.54) is 11.3 Å². The summed E-state index contributed by atoms with van der Waals surface area (Å²) in [6.07, 6.45) is 0. The second-order valence-corrected chi connectivity index (χ2v) is 6.46. The average molecular weight is 333 g/mol. The Bertz CT molecular complexity index is 461. The first-order valence-corrected chi connectivity index (χ1v) is 7.51. The predicted molar refractivity (Wildman–Crippen MR) is 76.7 cm³/mol. The fourth-order valence-corrected chi connectivity index (χ4v) is 3.80. The number of methoxy groups -OCH3 is 1. The molecule has 1 aliphatic heterocycles. The van der Waals surface area contributed by atoms with Gasteiger partial charge >= 0.3 is 0 Å². The first-order chi connectivity index (χ1) is 8.54. The van der Waals surface area contributed by atoms with Crippen molar-refractivity contribution in [2.45, 2.75) is 19.9 Å². The second kappa shape index (κ2) is 5.59. The SMILES string of the molecule is COc1c(C(=O)N2CCNC(C)C2)sc(C)c1Br. The summed E-state index contributed by atoms with van der Waals surface area (Å²) in [5, 5.41) is 3.33. The number of nitrogens with zero attached hydrogens (tertiary/aromatic N) is 1. The molecule has 1 unspecified atom stereocenters. The molecule has 18 heavy (non-hydrogen) atoms. The molecule has 0 saturated carbocycles. The van der Waals surface area contributed by atoms with E-state index in [0.717, 1.165) is 29.0 Å². The van der Waals surface area contributed by atoms with E-state index in [4.69, 9.17) is 4.74 Å². The number of carbonyl (C=O) groups is 1. The molecule has 4 nitrogen and oxygen atoms in total. The molecule has 1 aromatic rings. The van der Waals surface area contributed by atoms with E-state index >= 15 is 0 Å². The summed E-state index contributed by atoms with van der Waals surface area (Å²) < 4.78 is 6.23. The van der Waals surface area contributed by atoms with E-state index in [2.05, 4.69) is 28.2 Å². The van der Waals surface area contributed by atoms with Gasteiger partial charge < -0.3 is 15.0 Å². The summed E-state index contributed by atoms with van der Waals surface area (Å²) in [5.41, 5.74) is 0. The molecule has 0 bridgehead atoms. The molecular formula is C12H17BrN2O2S. The summed E-state index contributed by atoms with van der Waals surface area (Å²) >= 11 is 4.95. The maximum atomic E-state index is 12.5. The van der Waals surface area contributed by atoms with E-state index in [9.17, 15) is 4.79 Å². The molecule has 1 saturated heterocycles. The van der Waals surface area contributed by atoms with Crippen LogP contribution < -0.4 is 10.1 Å². The van der Waals surface area contributed by atoms with Crippen LogP contribution >= 0.6 is 27.3 Å². The van der Waals surface area contributed by atoms with Gasteiger partial charge in [0.05, 0.1) is 11.6 Å². The topological polar surface area (TPSA) is 41.6 Å². The van der Waals surface area contributed by atoms with Crippen LogP contribution in [0.1, 0.15) is 21.5 Å². The normalized spacial score (nSPS) is 20.0. The Kier molecular flexibility index (Phi) is 4.29. The fourth-order valence-electron chi connectivity index (χ4n) is 2.09. The van der Waals surface area contributed by atoms with Crippen molar-refractivity contribution in [3.63, 3.8) is 0 Å². The van der Waals surface area contributed by atoms with Crippen LogP contribution in [-0.4, -0.2) is 43.6 Å². The van der Waals surface area contributed by atoms with E-state index in [1.807, 2.05) is 11.8 Å². The minimum absolute atomic E-state index is 0.0685. The lowest BCUT2D eigenvalue weighted by atomic mass is 10.2. The number of hydrogen-bond acceptors (Lipinski definition) is 4. The van der Waals surface area contributed by atoms with Crippen molar-refractivity contribution < 1.29 is 9.53 Å². The van der Waals surface area contributed by atoms with Crippen molar-refractivity contribution in [2.75, 3.05) is 26.7 Å². The van der Waals surface area contributed by atoms with Crippen LogP contribution in [0.2, 0.25) is 0 Å². The third-order valence-electron chi connectivity index (χ3n) is 3.02. The van der Waals surface area contributed by atoms with Crippen LogP contribution in [0.15, 0.2) is 4.47 Å². The van der Waals surface area contributed by atoms with Gasteiger partial charge in [-0.3, -0.25) is 4.79 Å². The lowest BCUT2D eigenvalue weighted by molar-refractivity contribution is 0.0711. The lowest BCUT2D eigenvalue weighted by Gasteiger charge is -2.31. The smallest absolute Gasteiger partial charge is 0.267 e. The molecule has 1 atom stereocenters. The van der Waals surface area contributed by atoms with Gasteiger partial charge in [-0.2, -0.15) is 0 Å². The predicted octanol–water partition coefficient (Wildman–Crippen LogP) is 2.26. The molecule has 0 aromatic carbocycles. The summed E-state index contributed by atoms with van der Waals surface area (Å²) in [5.74, 6) is 0.729. The fraction of sp³-hybridized carbons (Fsp3) is 0.583.